The quantitative estimate of drug-likeness (QED) is 0.805. The van der Waals surface area contributed by atoms with Gasteiger partial charge in [0.25, 0.3) is 5.91 Å². The number of amides is 2. The molecule has 0 fully saturated rings. The highest BCUT2D eigenvalue weighted by molar-refractivity contribution is 5.93. The van der Waals surface area contributed by atoms with Gasteiger partial charge in [-0.15, -0.1) is 0 Å². The molecule has 0 spiro atoms. The van der Waals surface area contributed by atoms with Crippen LogP contribution in [-0.4, -0.2) is 46.3 Å². The molecule has 0 aliphatic rings. The van der Waals surface area contributed by atoms with Crippen LogP contribution in [0.5, 0.6) is 0 Å². The summed E-state index contributed by atoms with van der Waals surface area (Å²) in [5, 5.41) is 2.19. The Morgan fingerprint density at radius 2 is 1.86 bits per heavy atom. The molecule has 0 bridgehead atoms. The SMILES string of the molecule is COC(=O)NC(=O)[C@@H](C)[NH+](C)Cc1ccc(N(C)C)cc1. The number of hydrogen-bond donors (Lipinski definition) is 2. The van der Waals surface area contributed by atoms with Crippen molar-refractivity contribution in [1.29, 1.82) is 0 Å². The van der Waals surface area contributed by atoms with E-state index in [2.05, 4.69) is 10.1 Å². The first-order chi connectivity index (χ1) is 9.85. The van der Waals surface area contributed by atoms with E-state index in [0.29, 0.717) is 6.54 Å². The maximum atomic E-state index is 11.8. The minimum atomic E-state index is -0.727. The Hall–Kier alpha value is -2.08. The molecule has 6 nitrogen and oxygen atoms in total. The van der Waals surface area contributed by atoms with Crippen LogP contribution in [0.3, 0.4) is 0 Å². The van der Waals surface area contributed by atoms with Crippen molar-refractivity contribution >= 4 is 17.7 Å². The molecule has 21 heavy (non-hydrogen) atoms. The van der Waals surface area contributed by atoms with E-state index in [9.17, 15) is 9.59 Å². The van der Waals surface area contributed by atoms with Gasteiger partial charge in [-0.2, -0.15) is 0 Å². The number of anilines is 1. The number of rotatable bonds is 5. The predicted molar refractivity (Wildman–Crippen MR) is 81.4 cm³/mol. The van der Waals surface area contributed by atoms with Gasteiger partial charge in [0, 0.05) is 25.3 Å². The molecular weight excluding hydrogens is 270 g/mol. The van der Waals surface area contributed by atoms with Crippen molar-refractivity contribution < 1.29 is 19.2 Å². The number of hydrogen-bond acceptors (Lipinski definition) is 4. The fourth-order valence-electron chi connectivity index (χ4n) is 1.87. The number of nitrogens with zero attached hydrogens (tertiary/aromatic N) is 1. The van der Waals surface area contributed by atoms with Crippen LogP contribution in [0.4, 0.5) is 10.5 Å². The van der Waals surface area contributed by atoms with E-state index in [1.54, 1.807) is 6.92 Å². The third-order valence-electron chi connectivity index (χ3n) is 3.48. The second kappa shape index (κ2) is 7.64. The molecule has 0 aliphatic carbocycles. The second-order valence-corrected chi connectivity index (χ2v) is 5.29. The van der Waals surface area contributed by atoms with Crippen LogP contribution in [0.2, 0.25) is 0 Å². The summed E-state index contributed by atoms with van der Waals surface area (Å²) in [4.78, 5) is 25.9. The van der Waals surface area contributed by atoms with Crippen molar-refractivity contribution in [2.24, 2.45) is 0 Å². The average molecular weight is 294 g/mol. The van der Waals surface area contributed by atoms with Crippen LogP contribution >= 0.6 is 0 Å². The first kappa shape index (κ1) is 17.0. The van der Waals surface area contributed by atoms with Gasteiger partial charge in [0.15, 0.2) is 6.04 Å². The van der Waals surface area contributed by atoms with Crippen LogP contribution in [0, 0.1) is 0 Å². The molecule has 1 unspecified atom stereocenters. The van der Waals surface area contributed by atoms with Gasteiger partial charge in [0.2, 0.25) is 0 Å². The topological polar surface area (TPSA) is 63.1 Å². The third-order valence-corrected chi connectivity index (χ3v) is 3.48. The van der Waals surface area contributed by atoms with Gasteiger partial charge in [-0.3, -0.25) is 10.1 Å². The molecule has 1 rings (SSSR count). The molecule has 1 aromatic carbocycles. The van der Waals surface area contributed by atoms with Gasteiger partial charge in [0.05, 0.1) is 14.2 Å². The molecule has 0 radical (unpaired) electrons. The summed E-state index contributed by atoms with van der Waals surface area (Å²) >= 11 is 0. The van der Waals surface area contributed by atoms with E-state index in [1.165, 1.54) is 7.11 Å². The molecule has 0 heterocycles. The van der Waals surface area contributed by atoms with Crippen LogP contribution < -0.4 is 15.1 Å². The molecule has 2 amide bonds. The highest BCUT2D eigenvalue weighted by Gasteiger charge is 2.23. The smallest absolute Gasteiger partial charge is 0.413 e. The minimum absolute atomic E-state index is 0.343. The number of imide groups is 1. The van der Waals surface area contributed by atoms with Gasteiger partial charge < -0.3 is 14.5 Å². The lowest BCUT2D eigenvalue weighted by Gasteiger charge is -2.21. The molecule has 2 atom stereocenters. The first-order valence-corrected chi connectivity index (χ1v) is 6.82. The molecule has 0 saturated heterocycles. The average Bonchev–Trinajstić information content (AvgIpc) is 2.46. The van der Waals surface area contributed by atoms with Crippen LogP contribution in [0.15, 0.2) is 24.3 Å². The maximum Gasteiger partial charge on any atom is 0.413 e. The second-order valence-electron chi connectivity index (χ2n) is 5.29. The van der Waals surface area contributed by atoms with Gasteiger partial charge in [-0.05, 0) is 19.1 Å². The van der Waals surface area contributed by atoms with E-state index in [0.717, 1.165) is 16.2 Å². The van der Waals surface area contributed by atoms with E-state index in [4.69, 9.17) is 0 Å². The van der Waals surface area contributed by atoms with E-state index < -0.39 is 6.09 Å². The number of likely N-dealkylation sites (N-methyl/N-ethyl adjacent to an activating group) is 1. The molecular formula is C15H24N3O3+. The molecule has 116 valence electrons. The Morgan fingerprint density at radius 3 is 2.33 bits per heavy atom. The highest BCUT2D eigenvalue weighted by Crippen LogP contribution is 2.11. The van der Waals surface area contributed by atoms with Crippen LogP contribution in [0.1, 0.15) is 12.5 Å². The summed E-state index contributed by atoms with van der Waals surface area (Å²) in [5.41, 5.74) is 2.27. The lowest BCUT2D eigenvalue weighted by atomic mass is 10.1. The number of nitrogens with one attached hydrogen (secondary N) is 2. The highest BCUT2D eigenvalue weighted by atomic mass is 16.5. The minimum Gasteiger partial charge on any atom is -0.453 e. The number of methoxy groups -OCH3 is 1. The Morgan fingerprint density at radius 1 is 1.29 bits per heavy atom. The lowest BCUT2D eigenvalue weighted by molar-refractivity contribution is -0.908. The lowest BCUT2D eigenvalue weighted by Crippen LogP contribution is -3.12. The zero-order valence-corrected chi connectivity index (χ0v) is 13.3. The monoisotopic (exact) mass is 294 g/mol. The number of alkyl carbamates (subject to hydrolysis) is 1. The number of quaternary nitrogens is 1. The number of benzene rings is 1. The third kappa shape index (κ3) is 5.07. The summed E-state index contributed by atoms with van der Waals surface area (Å²) < 4.78 is 4.42. The van der Waals surface area contributed by atoms with Crippen LogP contribution in [-0.2, 0) is 16.1 Å². The van der Waals surface area contributed by atoms with Crippen molar-refractivity contribution in [3.8, 4) is 0 Å². The van der Waals surface area contributed by atoms with Crippen molar-refractivity contribution in [2.45, 2.75) is 19.5 Å². The van der Waals surface area contributed by atoms with Crippen molar-refractivity contribution in [2.75, 3.05) is 33.2 Å². The molecule has 0 saturated carbocycles. The predicted octanol–water partition coefficient (Wildman–Crippen LogP) is 0.0384. The Labute approximate surface area is 125 Å². The van der Waals surface area contributed by atoms with Gasteiger partial charge in [-0.1, -0.05) is 12.1 Å². The Kier molecular flexibility index (Phi) is 6.17. The molecule has 0 aromatic heterocycles. The van der Waals surface area contributed by atoms with Gasteiger partial charge >= 0.3 is 6.09 Å². The zero-order valence-electron chi connectivity index (χ0n) is 13.3. The van der Waals surface area contributed by atoms with Crippen LogP contribution in [0.25, 0.3) is 0 Å². The largest absolute Gasteiger partial charge is 0.453 e. The standard InChI is InChI=1S/C15H23N3O3/c1-11(14(19)16-15(20)21-5)18(4)10-12-6-8-13(9-7-12)17(2)3/h6-9,11H,10H2,1-5H3,(H,16,19,20)/p+1/t11-/m1/s1. The molecule has 2 N–H and O–H groups in total. The Balaban J connectivity index is 2.61. The fourth-order valence-corrected chi connectivity index (χ4v) is 1.87. The summed E-state index contributed by atoms with van der Waals surface area (Å²) in [5.74, 6) is -0.343. The summed E-state index contributed by atoms with van der Waals surface area (Å²) in [6.07, 6.45) is -0.727. The fraction of sp³-hybridized carbons (Fsp3) is 0.467. The first-order valence-electron chi connectivity index (χ1n) is 6.82. The van der Waals surface area contributed by atoms with E-state index in [-0.39, 0.29) is 11.9 Å². The molecule has 0 aliphatic heterocycles. The summed E-state index contributed by atoms with van der Waals surface area (Å²) in [7, 11) is 7.13. The number of ether oxygens (including phenoxy) is 1. The number of carbonyl (C=O) groups excluding carboxylic acids is 2. The van der Waals surface area contributed by atoms with Crippen molar-refractivity contribution in [3.05, 3.63) is 29.8 Å². The summed E-state index contributed by atoms with van der Waals surface area (Å²) in [6, 6.07) is 7.83. The molecule has 1 aromatic rings. The van der Waals surface area contributed by atoms with Crippen molar-refractivity contribution in [1.82, 2.24) is 5.32 Å². The van der Waals surface area contributed by atoms with E-state index in [1.807, 2.05) is 50.3 Å². The summed E-state index contributed by atoms with van der Waals surface area (Å²) in [6.45, 7) is 2.48. The van der Waals surface area contributed by atoms with E-state index >= 15 is 0 Å². The van der Waals surface area contributed by atoms with Gasteiger partial charge in [-0.25, -0.2) is 4.79 Å². The molecule has 6 heteroatoms. The Bertz CT molecular complexity index is 485. The van der Waals surface area contributed by atoms with Crippen molar-refractivity contribution in [3.63, 3.8) is 0 Å². The normalized spacial score (nSPS) is 13.2. The number of carbonyl (C=O) groups is 2. The van der Waals surface area contributed by atoms with Gasteiger partial charge in [0.1, 0.15) is 6.54 Å². The maximum absolute atomic E-state index is 11.8. The zero-order chi connectivity index (χ0) is 16.0.